The van der Waals surface area contributed by atoms with Crippen molar-refractivity contribution < 1.29 is 9.53 Å². The van der Waals surface area contributed by atoms with E-state index in [0.717, 1.165) is 6.42 Å². The summed E-state index contributed by atoms with van der Waals surface area (Å²) in [5.41, 5.74) is 4.99. The fraction of sp³-hybridized carbons (Fsp3) is 0.909. The second kappa shape index (κ2) is 5.95. The van der Waals surface area contributed by atoms with Crippen molar-refractivity contribution >= 4 is 6.09 Å². The maximum Gasteiger partial charge on any atom is 0.410 e. The van der Waals surface area contributed by atoms with Crippen molar-refractivity contribution in [2.75, 3.05) is 13.1 Å². The zero-order valence-electron chi connectivity index (χ0n) is 10.5. The van der Waals surface area contributed by atoms with Crippen LogP contribution >= 0.6 is 0 Å². The number of carbonyl (C=O) groups is 1. The Bertz CT molecular complexity index is 197. The molecule has 0 aromatic heterocycles. The monoisotopic (exact) mass is 216 g/mol. The molecule has 0 saturated carbocycles. The number of hydrogen-bond acceptors (Lipinski definition) is 3. The van der Waals surface area contributed by atoms with E-state index in [1.807, 2.05) is 34.6 Å². The van der Waals surface area contributed by atoms with Gasteiger partial charge in [-0.25, -0.2) is 4.79 Å². The van der Waals surface area contributed by atoms with Crippen LogP contribution in [0, 0.1) is 0 Å². The van der Waals surface area contributed by atoms with Crippen molar-refractivity contribution in [2.45, 2.75) is 52.7 Å². The predicted octanol–water partition coefficient (Wildman–Crippen LogP) is 1.98. The topological polar surface area (TPSA) is 55.6 Å². The van der Waals surface area contributed by atoms with Crippen molar-refractivity contribution in [2.24, 2.45) is 5.73 Å². The average molecular weight is 216 g/mol. The standard InChI is InChI=1S/C11H24N2O2/c1-9(2)13(8-6-7-12)10(14)15-11(3,4)5/h9H,6-8,12H2,1-5H3. The number of ether oxygens (including phenoxy) is 1. The van der Waals surface area contributed by atoms with E-state index in [4.69, 9.17) is 10.5 Å². The predicted molar refractivity (Wildman–Crippen MR) is 61.7 cm³/mol. The number of nitrogens with zero attached hydrogens (tertiary/aromatic N) is 1. The molecular formula is C11H24N2O2. The first-order valence-corrected chi connectivity index (χ1v) is 5.47. The number of amides is 1. The van der Waals surface area contributed by atoms with Crippen LogP contribution in [0.1, 0.15) is 41.0 Å². The molecule has 15 heavy (non-hydrogen) atoms. The van der Waals surface area contributed by atoms with Crippen molar-refractivity contribution in [3.05, 3.63) is 0 Å². The molecule has 0 aromatic carbocycles. The summed E-state index contributed by atoms with van der Waals surface area (Å²) in [5.74, 6) is 0. The Hall–Kier alpha value is -0.770. The summed E-state index contributed by atoms with van der Waals surface area (Å²) in [4.78, 5) is 13.5. The van der Waals surface area contributed by atoms with Gasteiger partial charge >= 0.3 is 6.09 Å². The molecule has 0 aliphatic heterocycles. The molecule has 0 fully saturated rings. The smallest absolute Gasteiger partial charge is 0.410 e. The lowest BCUT2D eigenvalue weighted by atomic mass is 10.2. The maximum absolute atomic E-state index is 11.8. The van der Waals surface area contributed by atoms with Gasteiger partial charge in [-0.2, -0.15) is 0 Å². The van der Waals surface area contributed by atoms with Crippen molar-refractivity contribution in [3.8, 4) is 0 Å². The number of rotatable bonds is 4. The highest BCUT2D eigenvalue weighted by Crippen LogP contribution is 2.12. The van der Waals surface area contributed by atoms with Gasteiger partial charge in [0.05, 0.1) is 0 Å². The van der Waals surface area contributed by atoms with E-state index >= 15 is 0 Å². The average Bonchev–Trinajstić information content (AvgIpc) is 2.00. The minimum absolute atomic E-state index is 0.145. The van der Waals surface area contributed by atoms with Gasteiger partial charge < -0.3 is 15.4 Å². The Morgan fingerprint density at radius 3 is 2.27 bits per heavy atom. The number of nitrogens with two attached hydrogens (primary N) is 1. The zero-order valence-corrected chi connectivity index (χ0v) is 10.5. The lowest BCUT2D eigenvalue weighted by Crippen LogP contribution is -2.41. The molecule has 0 spiro atoms. The Balaban J connectivity index is 4.29. The lowest BCUT2D eigenvalue weighted by molar-refractivity contribution is 0.0190. The first-order chi connectivity index (χ1) is 6.78. The normalized spacial score (nSPS) is 11.7. The summed E-state index contributed by atoms with van der Waals surface area (Å²) in [5, 5.41) is 0. The van der Waals surface area contributed by atoms with Gasteiger partial charge in [0.15, 0.2) is 0 Å². The third kappa shape index (κ3) is 6.33. The van der Waals surface area contributed by atoms with Crippen LogP contribution in [0.3, 0.4) is 0 Å². The maximum atomic E-state index is 11.8. The van der Waals surface area contributed by atoms with Crippen LogP contribution in [0.5, 0.6) is 0 Å². The molecule has 2 N–H and O–H groups in total. The highest BCUT2D eigenvalue weighted by atomic mass is 16.6. The van der Waals surface area contributed by atoms with Crippen molar-refractivity contribution in [1.29, 1.82) is 0 Å². The van der Waals surface area contributed by atoms with Crippen molar-refractivity contribution in [3.63, 3.8) is 0 Å². The highest BCUT2D eigenvalue weighted by molar-refractivity contribution is 5.68. The molecule has 0 atom stereocenters. The molecule has 0 rings (SSSR count). The Morgan fingerprint density at radius 2 is 1.93 bits per heavy atom. The Labute approximate surface area is 92.8 Å². The number of carbonyl (C=O) groups excluding carboxylic acids is 1. The van der Waals surface area contributed by atoms with Crippen LogP contribution in [-0.2, 0) is 4.74 Å². The molecule has 0 unspecified atom stereocenters. The Kier molecular flexibility index (Phi) is 5.65. The molecule has 0 saturated heterocycles. The summed E-state index contributed by atoms with van der Waals surface area (Å²) in [7, 11) is 0. The first-order valence-electron chi connectivity index (χ1n) is 5.47. The van der Waals surface area contributed by atoms with Gasteiger partial charge in [0.2, 0.25) is 0 Å². The lowest BCUT2D eigenvalue weighted by Gasteiger charge is -2.30. The van der Waals surface area contributed by atoms with E-state index in [2.05, 4.69) is 0 Å². The van der Waals surface area contributed by atoms with Crippen LogP contribution in [0.25, 0.3) is 0 Å². The summed E-state index contributed by atoms with van der Waals surface area (Å²) in [6.07, 6.45) is 0.545. The van der Waals surface area contributed by atoms with Gasteiger partial charge in [0.1, 0.15) is 5.60 Å². The van der Waals surface area contributed by atoms with Gasteiger partial charge in [-0.15, -0.1) is 0 Å². The zero-order chi connectivity index (χ0) is 12.1. The molecule has 0 radical (unpaired) electrons. The van der Waals surface area contributed by atoms with Crippen LogP contribution < -0.4 is 5.73 Å². The minimum Gasteiger partial charge on any atom is -0.444 e. The second-order valence-corrected chi connectivity index (χ2v) is 4.91. The fourth-order valence-corrected chi connectivity index (χ4v) is 1.14. The van der Waals surface area contributed by atoms with Gasteiger partial charge in [-0.3, -0.25) is 0 Å². The molecule has 0 bridgehead atoms. The van der Waals surface area contributed by atoms with Crippen LogP contribution in [0.2, 0.25) is 0 Å². The van der Waals surface area contributed by atoms with Crippen molar-refractivity contribution in [1.82, 2.24) is 4.90 Å². The van der Waals surface area contributed by atoms with Crippen LogP contribution in [0.15, 0.2) is 0 Å². The SMILES string of the molecule is CC(C)N(CCCN)C(=O)OC(C)(C)C. The van der Waals surface area contributed by atoms with E-state index in [0.29, 0.717) is 13.1 Å². The van der Waals surface area contributed by atoms with E-state index in [1.165, 1.54) is 0 Å². The largest absolute Gasteiger partial charge is 0.444 e. The molecule has 90 valence electrons. The second-order valence-electron chi connectivity index (χ2n) is 4.91. The highest BCUT2D eigenvalue weighted by Gasteiger charge is 2.23. The summed E-state index contributed by atoms with van der Waals surface area (Å²) in [6.45, 7) is 10.8. The summed E-state index contributed by atoms with van der Waals surface area (Å²) >= 11 is 0. The van der Waals surface area contributed by atoms with E-state index in [9.17, 15) is 4.79 Å². The van der Waals surface area contributed by atoms with E-state index < -0.39 is 5.60 Å². The Morgan fingerprint density at radius 1 is 1.40 bits per heavy atom. The van der Waals surface area contributed by atoms with Crippen LogP contribution in [-0.4, -0.2) is 35.7 Å². The molecule has 0 heterocycles. The molecule has 0 aromatic rings. The third-order valence-corrected chi connectivity index (χ3v) is 1.85. The van der Waals surface area contributed by atoms with Crippen LogP contribution in [0.4, 0.5) is 4.79 Å². The van der Waals surface area contributed by atoms with Gasteiger partial charge in [0, 0.05) is 12.6 Å². The molecule has 0 aliphatic rings. The quantitative estimate of drug-likeness (QED) is 0.781. The fourth-order valence-electron chi connectivity index (χ4n) is 1.14. The summed E-state index contributed by atoms with van der Waals surface area (Å²) < 4.78 is 5.30. The molecule has 1 amide bonds. The molecular weight excluding hydrogens is 192 g/mol. The number of hydrogen-bond donors (Lipinski definition) is 1. The molecule has 4 heteroatoms. The van der Waals surface area contributed by atoms with Gasteiger partial charge in [0.25, 0.3) is 0 Å². The van der Waals surface area contributed by atoms with Gasteiger partial charge in [-0.1, -0.05) is 0 Å². The van der Waals surface area contributed by atoms with E-state index in [1.54, 1.807) is 4.90 Å². The van der Waals surface area contributed by atoms with Gasteiger partial charge in [-0.05, 0) is 47.6 Å². The third-order valence-electron chi connectivity index (χ3n) is 1.85. The minimum atomic E-state index is -0.438. The molecule has 4 nitrogen and oxygen atoms in total. The molecule has 0 aliphatic carbocycles. The summed E-state index contributed by atoms with van der Waals surface area (Å²) in [6, 6.07) is 0.145. The van der Waals surface area contributed by atoms with E-state index in [-0.39, 0.29) is 12.1 Å². The first kappa shape index (κ1) is 14.2.